The van der Waals surface area contributed by atoms with Crippen molar-refractivity contribution in [1.29, 1.82) is 0 Å². The highest BCUT2D eigenvalue weighted by Crippen LogP contribution is 2.50. The zero-order chi connectivity index (χ0) is 14.7. The van der Waals surface area contributed by atoms with E-state index in [2.05, 4.69) is 0 Å². The highest BCUT2D eigenvalue weighted by atomic mass is 35.5. The summed E-state index contributed by atoms with van der Waals surface area (Å²) in [5.41, 5.74) is 0.791. The molecule has 2 saturated carbocycles. The van der Waals surface area contributed by atoms with E-state index >= 15 is 0 Å². The van der Waals surface area contributed by atoms with Gasteiger partial charge < -0.3 is 4.90 Å². The number of fused-ring (bicyclic) bond motifs is 3. The first-order chi connectivity index (χ1) is 10.1. The van der Waals surface area contributed by atoms with Crippen molar-refractivity contribution in [1.82, 2.24) is 0 Å². The Labute approximate surface area is 133 Å². The molecule has 1 aliphatic heterocycles. The van der Waals surface area contributed by atoms with Gasteiger partial charge in [-0.2, -0.15) is 0 Å². The lowest BCUT2D eigenvalue weighted by atomic mass is 9.88. The lowest BCUT2D eigenvalue weighted by Crippen LogP contribution is -2.36. The largest absolute Gasteiger partial charge is 0.303 e. The number of halogens is 2. The second-order valence-corrected chi connectivity index (χ2v) is 7.25. The molecule has 0 radical (unpaired) electrons. The third kappa shape index (κ3) is 1.94. The van der Waals surface area contributed by atoms with Crippen LogP contribution in [0, 0.1) is 17.8 Å². The number of nitrogens with zero attached hydrogens (tertiary/aromatic N) is 1. The molecule has 4 rings (SSSR count). The van der Waals surface area contributed by atoms with Gasteiger partial charge >= 0.3 is 0 Å². The molecule has 0 spiro atoms. The summed E-state index contributed by atoms with van der Waals surface area (Å²) in [5, 5.41) is 0.736. The number of rotatable bonds is 2. The number of benzene rings is 1. The van der Waals surface area contributed by atoms with Gasteiger partial charge in [0.05, 0.1) is 21.3 Å². The average Bonchev–Trinajstić information content (AvgIpc) is 3.13. The van der Waals surface area contributed by atoms with Gasteiger partial charge in [0.2, 0.25) is 0 Å². The molecule has 3 nitrogen and oxygen atoms in total. The predicted octanol–water partition coefficient (Wildman–Crippen LogP) is 3.96. The fraction of sp³-hybridized carbons (Fsp3) is 0.500. The molecule has 5 heteroatoms. The molecule has 2 bridgehead atoms. The number of anilines is 1. The van der Waals surface area contributed by atoms with Crippen LogP contribution in [0.25, 0.3) is 0 Å². The molecule has 1 aromatic rings. The lowest BCUT2D eigenvalue weighted by Gasteiger charge is -2.27. The molecule has 0 aromatic heterocycles. The van der Waals surface area contributed by atoms with Crippen LogP contribution < -0.4 is 4.90 Å². The summed E-state index contributed by atoms with van der Waals surface area (Å²) in [6, 6.07) is 3.23. The second kappa shape index (κ2) is 4.72. The maximum absolute atomic E-state index is 12.3. The van der Waals surface area contributed by atoms with Gasteiger partial charge in [0.25, 0.3) is 11.7 Å². The number of amides is 1. The number of ketones is 1. The van der Waals surface area contributed by atoms with E-state index in [0.717, 1.165) is 12.3 Å². The standard InChI is InChI=1S/C16H15Cl2NO2/c17-11-3-4-12(18)14-13(11)15(20)16(21)19(14)7-10-6-8-1-2-9(10)5-8/h3-4,8-10H,1-2,5-7H2. The van der Waals surface area contributed by atoms with Crippen LogP contribution in [0.2, 0.25) is 10.0 Å². The van der Waals surface area contributed by atoms with Crippen LogP contribution in [-0.2, 0) is 4.79 Å². The fourth-order valence-electron chi connectivity index (χ4n) is 4.36. The molecule has 3 atom stereocenters. The molecule has 0 saturated heterocycles. The number of carbonyl (C=O) groups excluding carboxylic acids is 2. The summed E-state index contributed by atoms with van der Waals surface area (Å²) < 4.78 is 0. The van der Waals surface area contributed by atoms with E-state index in [-0.39, 0.29) is 5.56 Å². The van der Waals surface area contributed by atoms with Gasteiger partial charge in [-0.3, -0.25) is 9.59 Å². The van der Waals surface area contributed by atoms with Gasteiger partial charge in [-0.1, -0.05) is 29.6 Å². The number of Topliss-reactive ketones (excluding diaryl/α,β-unsaturated/α-hetero) is 1. The van der Waals surface area contributed by atoms with Crippen LogP contribution in [0.3, 0.4) is 0 Å². The molecule has 2 aliphatic carbocycles. The van der Waals surface area contributed by atoms with E-state index in [9.17, 15) is 9.59 Å². The summed E-state index contributed by atoms with van der Waals surface area (Å²) in [5.74, 6) is 0.979. The Kier molecular flexibility index (Phi) is 3.05. The average molecular weight is 324 g/mol. The van der Waals surface area contributed by atoms with Crippen molar-refractivity contribution in [3.8, 4) is 0 Å². The van der Waals surface area contributed by atoms with Crippen LogP contribution in [-0.4, -0.2) is 18.2 Å². The molecular weight excluding hydrogens is 309 g/mol. The number of carbonyl (C=O) groups is 2. The third-order valence-corrected chi connectivity index (χ3v) is 5.94. The highest BCUT2D eigenvalue weighted by molar-refractivity contribution is 6.57. The molecule has 3 aliphatic rings. The van der Waals surface area contributed by atoms with E-state index in [1.54, 1.807) is 17.0 Å². The minimum atomic E-state index is -0.527. The van der Waals surface area contributed by atoms with E-state index < -0.39 is 11.7 Å². The van der Waals surface area contributed by atoms with Gasteiger partial charge in [-0.05, 0) is 49.1 Å². The normalized spacial score (nSPS) is 30.4. The van der Waals surface area contributed by atoms with E-state index in [1.807, 2.05) is 0 Å². The Morgan fingerprint density at radius 3 is 2.52 bits per heavy atom. The number of hydrogen-bond acceptors (Lipinski definition) is 2. The van der Waals surface area contributed by atoms with Crippen molar-refractivity contribution in [3.63, 3.8) is 0 Å². The molecule has 110 valence electrons. The van der Waals surface area contributed by atoms with Gasteiger partial charge in [0.1, 0.15) is 0 Å². The molecule has 1 heterocycles. The fourth-order valence-corrected chi connectivity index (χ4v) is 4.86. The van der Waals surface area contributed by atoms with Crippen molar-refractivity contribution < 1.29 is 9.59 Å². The maximum Gasteiger partial charge on any atom is 0.299 e. The van der Waals surface area contributed by atoms with E-state index in [1.165, 1.54) is 19.3 Å². The van der Waals surface area contributed by atoms with Crippen LogP contribution in [0.15, 0.2) is 12.1 Å². The van der Waals surface area contributed by atoms with Crippen LogP contribution in [0.1, 0.15) is 36.0 Å². The molecule has 3 unspecified atom stereocenters. The molecular formula is C16H15Cl2NO2. The van der Waals surface area contributed by atoms with Crippen LogP contribution in [0.4, 0.5) is 5.69 Å². The van der Waals surface area contributed by atoms with Crippen LogP contribution in [0.5, 0.6) is 0 Å². The maximum atomic E-state index is 12.3. The summed E-state index contributed by atoms with van der Waals surface area (Å²) >= 11 is 12.3. The zero-order valence-corrected chi connectivity index (χ0v) is 13.0. The summed E-state index contributed by atoms with van der Waals surface area (Å²) in [4.78, 5) is 26.1. The Bertz CT molecular complexity index is 658. The quantitative estimate of drug-likeness (QED) is 0.772. The highest BCUT2D eigenvalue weighted by Gasteiger charge is 2.45. The number of hydrogen-bond donors (Lipinski definition) is 0. The summed E-state index contributed by atoms with van der Waals surface area (Å²) in [7, 11) is 0. The topological polar surface area (TPSA) is 37.4 Å². The molecule has 0 N–H and O–H groups in total. The van der Waals surface area contributed by atoms with Crippen molar-refractivity contribution in [2.24, 2.45) is 17.8 Å². The zero-order valence-electron chi connectivity index (χ0n) is 11.4. The van der Waals surface area contributed by atoms with Crippen molar-refractivity contribution in [2.75, 3.05) is 11.4 Å². The summed E-state index contributed by atoms with van der Waals surface area (Å²) in [6.07, 6.45) is 5.01. The van der Waals surface area contributed by atoms with E-state index in [4.69, 9.17) is 23.2 Å². The first-order valence-corrected chi connectivity index (χ1v) is 8.16. The SMILES string of the molecule is O=C1C(=O)N(CC2CC3CCC2C3)c2c(Cl)ccc(Cl)c21. The Morgan fingerprint density at radius 1 is 1.10 bits per heavy atom. The van der Waals surface area contributed by atoms with Gasteiger partial charge in [0, 0.05) is 6.54 Å². The van der Waals surface area contributed by atoms with Crippen LogP contribution >= 0.6 is 23.2 Å². The lowest BCUT2D eigenvalue weighted by molar-refractivity contribution is -0.114. The minimum absolute atomic E-state index is 0.275. The van der Waals surface area contributed by atoms with Gasteiger partial charge in [0.15, 0.2) is 0 Å². The Morgan fingerprint density at radius 2 is 1.86 bits per heavy atom. The Hall–Kier alpha value is -1.06. The van der Waals surface area contributed by atoms with E-state index in [0.29, 0.717) is 34.1 Å². The molecule has 1 amide bonds. The monoisotopic (exact) mass is 323 g/mol. The van der Waals surface area contributed by atoms with Crippen molar-refractivity contribution >= 4 is 40.6 Å². The van der Waals surface area contributed by atoms with Gasteiger partial charge in [-0.25, -0.2) is 0 Å². The third-order valence-electron chi connectivity index (χ3n) is 5.32. The molecule has 1 aromatic carbocycles. The first kappa shape index (κ1) is 13.6. The molecule has 21 heavy (non-hydrogen) atoms. The van der Waals surface area contributed by atoms with Crippen molar-refractivity contribution in [2.45, 2.75) is 25.7 Å². The van der Waals surface area contributed by atoms with Gasteiger partial charge in [-0.15, -0.1) is 0 Å². The minimum Gasteiger partial charge on any atom is -0.303 e. The van der Waals surface area contributed by atoms with Crippen molar-refractivity contribution in [3.05, 3.63) is 27.7 Å². The molecule has 2 fully saturated rings. The Balaban J connectivity index is 1.69. The smallest absolute Gasteiger partial charge is 0.299 e. The first-order valence-electron chi connectivity index (χ1n) is 7.40. The second-order valence-electron chi connectivity index (χ2n) is 6.43. The summed E-state index contributed by atoms with van der Waals surface area (Å²) in [6.45, 7) is 0.596. The predicted molar refractivity (Wildman–Crippen MR) is 82.1 cm³/mol.